The second-order valence-electron chi connectivity index (χ2n) is 4.91. The number of carbonyl (C=O) groups is 1. The van der Waals surface area contributed by atoms with Gasteiger partial charge >= 0.3 is 5.97 Å². The van der Waals surface area contributed by atoms with Crippen molar-refractivity contribution in [1.82, 2.24) is 4.90 Å². The molecule has 1 aliphatic heterocycles. The highest BCUT2D eigenvalue weighted by molar-refractivity contribution is 5.66. The maximum Gasteiger partial charge on any atom is 0.303 e. The van der Waals surface area contributed by atoms with E-state index in [9.17, 15) is 4.79 Å². The van der Waals surface area contributed by atoms with E-state index in [-0.39, 0.29) is 0 Å². The summed E-state index contributed by atoms with van der Waals surface area (Å²) in [6.07, 6.45) is 4.66. The molecule has 1 aliphatic rings. The van der Waals surface area contributed by atoms with E-state index >= 15 is 0 Å². The van der Waals surface area contributed by atoms with Crippen LogP contribution in [0.1, 0.15) is 46.0 Å². The summed E-state index contributed by atoms with van der Waals surface area (Å²) in [4.78, 5) is 12.9. The Morgan fingerprint density at radius 1 is 1.41 bits per heavy atom. The van der Waals surface area contributed by atoms with E-state index in [4.69, 9.17) is 9.84 Å². The van der Waals surface area contributed by atoms with Crippen LogP contribution in [0.4, 0.5) is 0 Å². The quantitative estimate of drug-likeness (QED) is 0.696. The fraction of sp³-hybridized carbons (Fsp3) is 0.923. The summed E-state index contributed by atoms with van der Waals surface area (Å²) in [5, 5.41) is 8.55. The van der Waals surface area contributed by atoms with Gasteiger partial charge < -0.3 is 9.84 Å². The first-order chi connectivity index (χ1) is 8.13. The monoisotopic (exact) mass is 243 g/mol. The number of hydrogen-bond acceptors (Lipinski definition) is 3. The molecule has 0 aromatic rings. The van der Waals surface area contributed by atoms with E-state index in [1.54, 1.807) is 0 Å². The van der Waals surface area contributed by atoms with Gasteiger partial charge in [-0.05, 0) is 32.7 Å². The summed E-state index contributed by atoms with van der Waals surface area (Å²) in [5.41, 5.74) is 0. The van der Waals surface area contributed by atoms with Crippen molar-refractivity contribution in [2.24, 2.45) is 0 Å². The van der Waals surface area contributed by atoms with Gasteiger partial charge in [0.2, 0.25) is 0 Å². The van der Waals surface area contributed by atoms with Gasteiger partial charge in [-0.1, -0.05) is 13.3 Å². The van der Waals surface area contributed by atoms with E-state index in [1.165, 1.54) is 0 Å². The number of hydrogen-bond donors (Lipinski definition) is 1. The molecule has 4 heteroatoms. The number of morpholine rings is 1. The second kappa shape index (κ2) is 7.67. The Morgan fingerprint density at radius 2 is 2.18 bits per heavy atom. The first kappa shape index (κ1) is 14.5. The average molecular weight is 243 g/mol. The third-order valence-electron chi connectivity index (χ3n) is 3.39. The van der Waals surface area contributed by atoms with Gasteiger partial charge in [0.1, 0.15) is 0 Å². The Labute approximate surface area is 104 Å². The van der Waals surface area contributed by atoms with Crippen molar-refractivity contribution in [2.75, 3.05) is 19.7 Å². The van der Waals surface area contributed by atoms with Crippen molar-refractivity contribution in [1.29, 1.82) is 0 Å². The Hall–Kier alpha value is -0.610. The SMILES string of the molecule is CCC1COC(C)CN1CCCCCC(=O)O. The molecule has 1 heterocycles. The second-order valence-corrected chi connectivity index (χ2v) is 4.91. The minimum absolute atomic E-state index is 0.302. The smallest absolute Gasteiger partial charge is 0.303 e. The molecule has 0 aromatic carbocycles. The maximum atomic E-state index is 10.4. The van der Waals surface area contributed by atoms with Crippen molar-refractivity contribution < 1.29 is 14.6 Å². The van der Waals surface area contributed by atoms with E-state index in [2.05, 4.69) is 18.7 Å². The number of aliphatic carboxylic acids is 1. The lowest BCUT2D eigenvalue weighted by atomic mass is 10.1. The van der Waals surface area contributed by atoms with Crippen LogP contribution in [-0.4, -0.2) is 47.8 Å². The molecule has 2 atom stereocenters. The van der Waals surface area contributed by atoms with Gasteiger partial charge in [-0.15, -0.1) is 0 Å². The molecule has 1 N–H and O–H groups in total. The van der Waals surface area contributed by atoms with Crippen molar-refractivity contribution in [3.63, 3.8) is 0 Å². The molecule has 2 unspecified atom stereocenters. The lowest BCUT2D eigenvalue weighted by Crippen LogP contribution is -2.48. The molecule has 100 valence electrons. The summed E-state index contributed by atoms with van der Waals surface area (Å²) in [5.74, 6) is -0.684. The first-order valence-electron chi connectivity index (χ1n) is 6.71. The number of nitrogens with zero attached hydrogens (tertiary/aromatic N) is 1. The minimum atomic E-state index is -0.684. The van der Waals surface area contributed by atoms with Crippen molar-refractivity contribution in [2.45, 2.75) is 58.1 Å². The van der Waals surface area contributed by atoms with Crippen LogP contribution in [0.5, 0.6) is 0 Å². The fourth-order valence-electron chi connectivity index (χ4n) is 2.33. The number of carboxylic acid groups (broad SMARTS) is 1. The Morgan fingerprint density at radius 3 is 2.82 bits per heavy atom. The topological polar surface area (TPSA) is 49.8 Å². The molecule has 0 bridgehead atoms. The van der Waals surface area contributed by atoms with Crippen LogP contribution >= 0.6 is 0 Å². The van der Waals surface area contributed by atoms with Gasteiger partial charge in [-0.3, -0.25) is 9.69 Å². The van der Waals surface area contributed by atoms with Crippen LogP contribution < -0.4 is 0 Å². The lowest BCUT2D eigenvalue weighted by Gasteiger charge is -2.38. The Balaban J connectivity index is 2.16. The van der Waals surface area contributed by atoms with Crippen LogP contribution in [-0.2, 0) is 9.53 Å². The normalized spacial score (nSPS) is 26.0. The molecule has 1 saturated heterocycles. The number of ether oxygens (including phenoxy) is 1. The third kappa shape index (κ3) is 5.50. The van der Waals surface area contributed by atoms with E-state index in [0.29, 0.717) is 18.6 Å². The summed E-state index contributed by atoms with van der Waals surface area (Å²) in [7, 11) is 0. The lowest BCUT2D eigenvalue weighted by molar-refractivity contribution is -0.137. The summed E-state index contributed by atoms with van der Waals surface area (Å²) < 4.78 is 5.65. The van der Waals surface area contributed by atoms with Crippen molar-refractivity contribution in [3.8, 4) is 0 Å². The zero-order valence-corrected chi connectivity index (χ0v) is 11.0. The highest BCUT2D eigenvalue weighted by Crippen LogP contribution is 2.15. The standard InChI is InChI=1S/C13H25NO3/c1-3-12-10-17-11(2)9-14(12)8-6-4-5-7-13(15)16/h11-12H,3-10H2,1-2H3,(H,15,16). The van der Waals surface area contributed by atoms with Gasteiger partial charge in [0.25, 0.3) is 0 Å². The molecule has 1 fully saturated rings. The molecule has 1 rings (SSSR count). The van der Waals surface area contributed by atoms with Crippen molar-refractivity contribution in [3.05, 3.63) is 0 Å². The van der Waals surface area contributed by atoms with Gasteiger partial charge in [0, 0.05) is 19.0 Å². The highest BCUT2D eigenvalue weighted by Gasteiger charge is 2.24. The summed E-state index contributed by atoms with van der Waals surface area (Å²) in [6, 6.07) is 0.547. The Kier molecular flexibility index (Phi) is 6.52. The fourth-order valence-corrected chi connectivity index (χ4v) is 2.33. The molecule has 4 nitrogen and oxygen atoms in total. The largest absolute Gasteiger partial charge is 0.481 e. The average Bonchev–Trinajstić information content (AvgIpc) is 2.28. The van der Waals surface area contributed by atoms with Crippen LogP contribution in [0.25, 0.3) is 0 Å². The van der Waals surface area contributed by atoms with Crippen LogP contribution in [0, 0.1) is 0 Å². The van der Waals surface area contributed by atoms with Crippen LogP contribution in [0.3, 0.4) is 0 Å². The molecule has 0 aliphatic carbocycles. The predicted molar refractivity (Wildman–Crippen MR) is 67.2 cm³/mol. The maximum absolute atomic E-state index is 10.4. The Bertz CT molecular complexity index is 233. The molecule has 0 amide bonds. The zero-order valence-electron chi connectivity index (χ0n) is 11.0. The highest BCUT2D eigenvalue weighted by atomic mass is 16.5. The van der Waals surface area contributed by atoms with E-state index < -0.39 is 5.97 Å². The molecular weight excluding hydrogens is 218 g/mol. The van der Waals surface area contributed by atoms with Crippen LogP contribution in [0.15, 0.2) is 0 Å². The number of unbranched alkanes of at least 4 members (excludes halogenated alkanes) is 2. The summed E-state index contributed by atoms with van der Waals surface area (Å²) >= 11 is 0. The summed E-state index contributed by atoms with van der Waals surface area (Å²) in [6.45, 7) is 7.24. The van der Waals surface area contributed by atoms with Gasteiger partial charge in [-0.2, -0.15) is 0 Å². The van der Waals surface area contributed by atoms with Crippen molar-refractivity contribution >= 4 is 5.97 Å². The number of rotatable bonds is 7. The molecular formula is C13H25NO3. The van der Waals surface area contributed by atoms with E-state index in [0.717, 1.165) is 45.4 Å². The molecule has 17 heavy (non-hydrogen) atoms. The molecule has 0 spiro atoms. The minimum Gasteiger partial charge on any atom is -0.481 e. The van der Waals surface area contributed by atoms with Crippen LogP contribution in [0.2, 0.25) is 0 Å². The van der Waals surface area contributed by atoms with Gasteiger partial charge in [-0.25, -0.2) is 0 Å². The molecule has 0 radical (unpaired) electrons. The predicted octanol–water partition coefficient (Wildman–Crippen LogP) is 2.13. The first-order valence-corrected chi connectivity index (χ1v) is 6.71. The third-order valence-corrected chi connectivity index (χ3v) is 3.39. The van der Waals surface area contributed by atoms with E-state index in [1.807, 2.05) is 0 Å². The van der Waals surface area contributed by atoms with Gasteiger partial charge in [0.05, 0.1) is 12.7 Å². The number of carboxylic acids is 1. The molecule has 0 saturated carbocycles. The zero-order chi connectivity index (χ0) is 12.7. The molecule has 0 aromatic heterocycles. The van der Waals surface area contributed by atoms with Gasteiger partial charge in [0.15, 0.2) is 0 Å².